The van der Waals surface area contributed by atoms with Crippen molar-refractivity contribution in [2.45, 2.75) is 87.1 Å². The standard InChI is InChI=1S/C11H23NO.C4H11N3.C2H6/c1-7-10(3,4)8-11(5,6)12-9(2)13;1-2-3-7-4(5)6;1-2/h7-8H2,1-6H3,(H,12,13);2-3H2,1H3,(H4,5,6,7);1-2H3. The number of hydrogen-bond donors (Lipinski definition) is 3. The predicted molar refractivity (Wildman–Crippen MR) is 98.9 cm³/mol. The van der Waals surface area contributed by atoms with Crippen LogP contribution in [0.25, 0.3) is 0 Å². The molecule has 0 heterocycles. The van der Waals surface area contributed by atoms with Gasteiger partial charge in [0.2, 0.25) is 5.91 Å². The van der Waals surface area contributed by atoms with E-state index in [0.29, 0.717) is 5.41 Å². The Morgan fingerprint density at radius 2 is 1.55 bits per heavy atom. The molecule has 0 aromatic carbocycles. The minimum atomic E-state index is -0.0919. The molecule has 5 heteroatoms. The van der Waals surface area contributed by atoms with Crippen LogP contribution in [-0.4, -0.2) is 24.0 Å². The lowest BCUT2D eigenvalue weighted by Gasteiger charge is -2.34. The summed E-state index contributed by atoms with van der Waals surface area (Å²) in [5.74, 6) is 0.235. The molecule has 22 heavy (non-hydrogen) atoms. The molecular formula is C17H40N4O. The largest absolute Gasteiger partial charge is 0.370 e. The molecule has 0 radical (unpaired) electrons. The maximum Gasteiger partial charge on any atom is 0.217 e. The third-order valence-electron chi connectivity index (χ3n) is 2.91. The van der Waals surface area contributed by atoms with E-state index in [2.05, 4.69) is 44.9 Å². The van der Waals surface area contributed by atoms with Gasteiger partial charge in [0.15, 0.2) is 5.96 Å². The van der Waals surface area contributed by atoms with E-state index in [1.807, 2.05) is 20.8 Å². The third kappa shape index (κ3) is 21.0. The van der Waals surface area contributed by atoms with Gasteiger partial charge in [0.1, 0.15) is 0 Å². The number of nitrogens with zero attached hydrogens (tertiary/aromatic N) is 1. The second kappa shape index (κ2) is 13.4. The zero-order chi connectivity index (χ0) is 18.4. The van der Waals surface area contributed by atoms with Gasteiger partial charge in [-0.05, 0) is 32.1 Å². The van der Waals surface area contributed by atoms with Gasteiger partial charge in [0.05, 0.1) is 0 Å². The van der Waals surface area contributed by atoms with Crippen LogP contribution in [0.2, 0.25) is 0 Å². The average molecular weight is 317 g/mol. The Kier molecular flexibility index (Phi) is 15.6. The zero-order valence-electron chi connectivity index (χ0n) is 16.3. The van der Waals surface area contributed by atoms with E-state index in [1.165, 1.54) is 0 Å². The average Bonchev–Trinajstić information content (AvgIpc) is 2.36. The Morgan fingerprint density at radius 1 is 1.09 bits per heavy atom. The summed E-state index contributed by atoms with van der Waals surface area (Å²) in [6.07, 6.45) is 3.14. The second-order valence-corrected chi connectivity index (χ2v) is 6.57. The van der Waals surface area contributed by atoms with Crippen LogP contribution in [0.15, 0.2) is 4.99 Å². The summed E-state index contributed by atoms with van der Waals surface area (Å²) in [5.41, 5.74) is 10.2. The van der Waals surface area contributed by atoms with Gasteiger partial charge in [-0.1, -0.05) is 48.0 Å². The molecule has 0 saturated carbocycles. The Hall–Kier alpha value is -1.26. The van der Waals surface area contributed by atoms with Crippen LogP contribution in [0.1, 0.15) is 81.6 Å². The number of guanidine groups is 1. The number of amides is 1. The predicted octanol–water partition coefficient (Wildman–Crippen LogP) is 3.42. The highest BCUT2D eigenvalue weighted by Crippen LogP contribution is 2.30. The fourth-order valence-corrected chi connectivity index (χ4v) is 2.08. The minimum Gasteiger partial charge on any atom is -0.370 e. The summed E-state index contributed by atoms with van der Waals surface area (Å²) in [6.45, 7) is 19.1. The molecule has 0 rings (SSSR count). The lowest BCUT2D eigenvalue weighted by Crippen LogP contribution is -2.45. The molecule has 5 nitrogen and oxygen atoms in total. The molecule has 0 spiro atoms. The normalized spacial score (nSPS) is 10.4. The fraction of sp³-hybridized carbons (Fsp3) is 0.882. The summed E-state index contributed by atoms with van der Waals surface area (Å²) in [7, 11) is 0. The number of carbonyl (C=O) groups is 1. The molecule has 0 aliphatic carbocycles. The van der Waals surface area contributed by atoms with E-state index in [0.717, 1.165) is 25.8 Å². The van der Waals surface area contributed by atoms with E-state index < -0.39 is 0 Å². The number of rotatable bonds is 6. The highest BCUT2D eigenvalue weighted by atomic mass is 16.1. The fourth-order valence-electron chi connectivity index (χ4n) is 2.08. The van der Waals surface area contributed by atoms with Crippen molar-refractivity contribution in [3.8, 4) is 0 Å². The van der Waals surface area contributed by atoms with Gasteiger partial charge in [-0.3, -0.25) is 9.79 Å². The van der Waals surface area contributed by atoms with Crippen LogP contribution in [0, 0.1) is 5.41 Å². The molecule has 1 amide bonds. The van der Waals surface area contributed by atoms with Crippen molar-refractivity contribution < 1.29 is 4.79 Å². The first-order valence-electron chi connectivity index (χ1n) is 8.30. The first-order chi connectivity index (χ1) is 9.95. The summed E-state index contributed by atoms with van der Waals surface area (Å²) in [4.78, 5) is 14.6. The number of carbonyl (C=O) groups excluding carboxylic acids is 1. The number of hydrogen-bond acceptors (Lipinski definition) is 2. The van der Waals surface area contributed by atoms with Crippen LogP contribution < -0.4 is 16.8 Å². The van der Waals surface area contributed by atoms with Crippen molar-refractivity contribution in [1.29, 1.82) is 0 Å². The van der Waals surface area contributed by atoms with Crippen molar-refractivity contribution in [2.75, 3.05) is 6.54 Å². The van der Waals surface area contributed by atoms with E-state index in [-0.39, 0.29) is 17.4 Å². The molecule has 0 aliphatic heterocycles. The van der Waals surface area contributed by atoms with Crippen molar-refractivity contribution in [3.05, 3.63) is 0 Å². The molecule has 134 valence electrons. The highest BCUT2D eigenvalue weighted by molar-refractivity contribution is 5.75. The topological polar surface area (TPSA) is 93.5 Å². The minimum absolute atomic E-state index is 0.0527. The molecule has 0 aromatic heterocycles. The van der Waals surface area contributed by atoms with Crippen molar-refractivity contribution in [1.82, 2.24) is 5.32 Å². The molecular weight excluding hydrogens is 276 g/mol. The molecule has 0 bridgehead atoms. The summed E-state index contributed by atoms with van der Waals surface area (Å²) >= 11 is 0. The molecule has 0 fully saturated rings. The zero-order valence-corrected chi connectivity index (χ0v) is 16.3. The van der Waals surface area contributed by atoms with E-state index in [9.17, 15) is 4.79 Å². The maximum atomic E-state index is 10.9. The SMILES string of the molecule is CC.CCC(C)(C)CC(C)(C)NC(C)=O.CCCN=C(N)N. The van der Waals surface area contributed by atoms with E-state index in [1.54, 1.807) is 6.92 Å². The van der Waals surface area contributed by atoms with Gasteiger partial charge in [-0.25, -0.2) is 0 Å². The van der Waals surface area contributed by atoms with Gasteiger partial charge >= 0.3 is 0 Å². The second-order valence-electron chi connectivity index (χ2n) is 6.57. The van der Waals surface area contributed by atoms with Gasteiger partial charge in [-0.15, -0.1) is 0 Å². The Balaban J connectivity index is -0.000000339. The van der Waals surface area contributed by atoms with Gasteiger partial charge in [-0.2, -0.15) is 0 Å². The van der Waals surface area contributed by atoms with Gasteiger partial charge in [0.25, 0.3) is 0 Å². The van der Waals surface area contributed by atoms with E-state index in [4.69, 9.17) is 11.5 Å². The molecule has 0 aromatic rings. The summed E-state index contributed by atoms with van der Waals surface area (Å²) < 4.78 is 0. The molecule has 5 N–H and O–H groups in total. The highest BCUT2D eigenvalue weighted by Gasteiger charge is 2.27. The number of nitrogens with one attached hydrogen (secondary N) is 1. The lowest BCUT2D eigenvalue weighted by atomic mass is 9.78. The Labute approximate surface area is 138 Å². The van der Waals surface area contributed by atoms with Crippen LogP contribution in [0.3, 0.4) is 0 Å². The lowest BCUT2D eigenvalue weighted by molar-refractivity contribution is -0.120. The number of aliphatic imine (C=N–C) groups is 1. The van der Waals surface area contributed by atoms with Crippen molar-refractivity contribution >= 4 is 11.9 Å². The van der Waals surface area contributed by atoms with Crippen molar-refractivity contribution in [3.63, 3.8) is 0 Å². The van der Waals surface area contributed by atoms with Gasteiger partial charge in [0, 0.05) is 19.0 Å². The summed E-state index contributed by atoms with van der Waals surface area (Å²) in [6, 6.07) is 0. The first-order valence-corrected chi connectivity index (χ1v) is 8.30. The third-order valence-corrected chi connectivity index (χ3v) is 2.91. The van der Waals surface area contributed by atoms with Crippen LogP contribution in [0.4, 0.5) is 0 Å². The Bertz CT molecular complexity index is 306. The van der Waals surface area contributed by atoms with Crippen LogP contribution in [-0.2, 0) is 4.79 Å². The molecule has 0 unspecified atom stereocenters. The maximum absolute atomic E-state index is 10.9. The molecule has 0 saturated heterocycles. The van der Waals surface area contributed by atoms with E-state index >= 15 is 0 Å². The van der Waals surface area contributed by atoms with Crippen LogP contribution in [0.5, 0.6) is 0 Å². The first kappa shape index (κ1) is 25.7. The monoisotopic (exact) mass is 316 g/mol. The molecule has 0 aliphatic rings. The van der Waals surface area contributed by atoms with Gasteiger partial charge < -0.3 is 16.8 Å². The van der Waals surface area contributed by atoms with Crippen LogP contribution >= 0.6 is 0 Å². The summed E-state index contributed by atoms with van der Waals surface area (Å²) in [5, 5.41) is 2.97. The molecule has 0 atom stereocenters. The smallest absolute Gasteiger partial charge is 0.217 e. The number of nitrogens with two attached hydrogens (primary N) is 2. The Morgan fingerprint density at radius 3 is 1.77 bits per heavy atom. The van der Waals surface area contributed by atoms with Crippen molar-refractivity contribution in [2.24, 2.45) is 21.9 Å². The quantitative estimate of drug-likeness (QED) is 0.517.